The first-order chi connectivity index (χ1) is 15.2. The second-order valence-electron chi connectivity index (χ2n) is 6.60. The zero-order valence-corrected chi connectivity index (χ0v) is 19.6. The molecule has 0 aliphatic heterocycles. The number of carbonyl (C=O) groups excluding carboxylic acids is 2. The van der Waals surface area contributed by atoms with Gasteiger partial charge < -0.3 is 14.2 Å². The van der Waals surface area contributed by atoms with Crippen LogP contribution in [0, 0.1) is 13.8 Å². The number of hydrogen-bond acceptors (Lipinski definition) is 6. The van der Waals surface area contributed by atoms with Gasteiger partial charge in [0.2, 0.25) is 5.91 Å². The summed E-state index contributed by atoms with van der Waals surface area (Å²) in [6.45, 7) is 3.46. The highest BCUT2D eigenvalue weighted by Crippen LogP contribution is 2.28. The van der Waals surface area contributed by atoms with Gasteiger partial charge in [0.05, 0.1) is 14.2 Å². The van der Waals surface area contributed by atoms with Gasteiger partial charge in [0.15, 0.2) is 23.2 Å². The quantitative estimate of drug-likeness (QED) is 0.320. The lowest BCUT2D eigenvalue weighted by molar-refractivity contribution is -0.123. The first kappa shape index (κ1) is 25.0. The third-order valence-electron chi connectivity index (χ3n) is 4.17. The Morgan fingerprint density at radius 2 is 1.69 bits per heavy atom. The highest BCUT2D eigenvalue weighted by molar-refractivity contribution is 7.80. The first-order valence-electron chi connectivity index (χ1n) is 9.43. The van der Waals surface area contributed by atoms with Crippen LogP contribution in [0.1, 0.15) is 16.7 Å². The van der Waals surface area contributed by atoms with Crippen molar-refractivity contribution in [2.24, 2.45) is 0 Å². The number of carbonyl (C=O) groups is 2. The SMILES string of the molecule is COc1ccc(/C=C/C(=O)NC(=S)NNC(=O)COc2cc(C)c(Cl)c(C)c2)cc1OC. The molecule has 0 aliphatic rings. The number of ether oxygens (including phenoxy) is 3. The van der Waals surface area contributed by atoms with Crippen molar-refractivity contribution in [2.45, 2.75) is 13.8 Å². The smallest absolute Gasteiger partial charge is 0.276 e. The zero-order valence-electron chi connectivity index (χ0n) is 18.1. The Morgan fingerprint density at radius 3 is 2.31 bits per heavy atom. The van der Waals surface area contributed by atoms with E-state index in [1.54, 1.807) is 43.5 Å². The van der Waals surface area contributed by atoms with Crippen LogP contribution in [0.2, 0.25) is 5.02 Å². The summed E-state index contributed by atoms with van der Waals surface area (Å²) in [7, 11) is 3.07. The summed E-state index contributed by atoms with van der Waals surface area (Å²) in [5, 5.41) is 3.01. The van der Waals surface area contributed by atoms with Crippen molar-refractivity contribution >= 4 is 46.8 Å². The Bertz CT molecular complexity index is 1020. The van der Waals surface area contributed by atoms with Crippen molar-refractivity contribution in [1.82, 2.24) is 16.2 Å². The third kappa shape index (κ3) is 7.44. The number of aryl methyl sites for hydroxylation is 2. The topological polar surface area (TPSA) is 97.9 Å². The molecule has 0 saturated carbocycles. The maximum absolute atomic E-state index is 12.0. The number of rotatable bonds is 7. The van der Waals surface area contributed by atoms with Crippen molar-refractivity contribution in [3.63, 3.8) is 0 Å². The molecule has 2 amide bonds. The molecule has 170 valence electrons. The molecular formula is C22H24ClN3O5S. The minimum Gasteiger partial charge on any atom is -0.493 e. The van der Waals surface area contributed by atoms with E-state index in [4.69, 9.17) is 38.0 Å². The lowest BCUT2D eigenvalue weighted by Gasteiger charge is -2.12. The average molecular weight is 478 g/mol. The molecule has 10 heteroatoms. The number of amides is 2. The van der Waals surface area contributed by atoms with E-state index in [9.17, 15) is 9.59 Å². The van der Waals surface area contributed by atoms with E-state index in [2.05, 4.69) is 16.2 Å². The molecular weight excluding hydrogens is 454 g/mol. The van der Waals surface area contributed by atoms with Crippen molar-refractivity contribution in [2.75, 3.05) is 20.8 Å². The van der Waals surface area contributed by atoms with E-state index >= 15 is 0 Å². The van der Waals surface area contributed by atoms with Gasteiger partial charge in [-0.2, -0.15) is 0 Å². The minimum atomic E-state index is -0.479. The van der Waals surface area contributed by atoms with Gasteiger partial charge in [0.1, 0.15) is 5.75 Å². The van der Waals surface area contributed by atoms with Gasteiger partial charge in [-0.15, -0.1) is 0 Å². The molecule has 32 heavy (non-hydrogen) atoms. The van der Waals surface area contributed by atoms with E-state index in [1.807, 2.05) is 13.8 Å². The van der Waals surface area contributed by atoms with Crippen molar-refractivity contribution in [3.05, 3.63) is 58.1 Å². The zero-order chi connectivity index (χ0) is 23.7. The maximum atomic E-state index is 12.0. The van der Waals surface area contributed by atoms with Gasteiger partial charge in [-0.3, -0.25) is 25.8 Å². The Labute approximate surface area is 196 Å². The molecule has 2 aromatic carbocycles. The Kier molecular flexibility index (Phi) is 9.30. The molecule has 0 radical (unpaired) electrons. The maximum Gasteiger partial charge on any atom is 0.276 e. The largest absolute Gasteiger partial charge is 0.493 e. The fourth-order valence-corrected chi connectivity index (χ4v) is 2.87. The fourth-order valence-electron chi connectivity index (χ4n) is 2.61. The average Bonchev–Trinajstić information content (AvgIpc) is 2.78. The second-order valence-corrected chi connectivity index (χ2v) is 7.39. The summed E-state index contributed by atoms with van der Waals surface area (Å²) >= 11 is 11.1. The predicted octanol–water partition coefficient (Wildman–Crippen LogP) is 3.09. The molecule has 2 rings (SSSR count). The summed E-state index contributed by atoms with van der Waals surface area (Å²) in [6, 6.07) is 8.71. The Morgan fingerprint density at radius 1 is 1.03 bits per heavy atom. The van der Waals surface area contributed by atoms with Crippen molar-refractivity contribution in [1.29, 1.82) is 0 Å². The molecule has 0 bridgehead atoms. The monoisotopic (exact) mass is 477 g/mol. The fraction of sp³-hybridized carbons (Fsp3) is 0.227. The Hall–Kier alpha value is -3.30. The van der Waals surface area contributed by atoms with Gasteiger partial charge in [0, 0.05) is 11.1 Å². The van der Waals surface area contributed by atoms with Gasteiger partial charge >= 0.3 is 0 Å². The van der Waals surface area contributed by atoms with Crippen molar-refractivity contribution in [3.8, 4) is 17.2 Å². The number of hydrazine groups is 1. The van der Waals surface area contributed by atoms with Gasteiger partial charge in [0.25, 0.3) is 5.91 Å². The minimum absolute atomic E-state index is 0.0708. The summed E-state index contributed by atoms with van der Waals surface area (Å²) in [5.41, 5.74) is 7.23. The highest BCUT2D eigenvalue weighted by Gasteiger charge is 2.08. The highest BCUT2D eigenvalue weighted by atomic mass is 35.5. The molecule has 0 fully saturated rings. The number of halogens is 1. The first-order valence-corrected chi connectivity index (χ1v) is 10.2. The second kappa shape index (κ2) is 11.9. The normalized spacial score (nSPS) is 10.4. The lowest BCUT2D eigenvalue weighted by atomic mass is 10.1. The molecule has 0 unspecified atom stereocenters. The van der Waals surface area contributed by atoms with Crippen LogP contribution in [0.5, 0.6) is 17.2 Å². The molecule has 0 heterocycles. The van der Waals surface area contributed by atoms with Crippen LogP contribution in [-0.4, -0.2) is 37.8 Å². The molecule has 0 saturated heterocycles. The van der Waals surface area contributed by atoms with E-state index in [-0.39, 0.29) is 11.7 Å². The van der Waals surface area contributed by atoms with E-state index in [0.717, 1.165) is 16.7 Å². The Balaban J connectivity index is 1.78. The van der Waals surface area contributed by atoms with Crippen LogP contribution in [0.15, 0.2) is 36.4 Å². The van der Waals surface area contributed by atoms with Crippen LogP contribution in [0.4, 0.5) is 0 Å². The number of benzene rings is 2. The lowest BCUT2D eigenvalue weighted by Crippen LogP contribution is -2.49. The van der Waals surface area contributed by atoms with Gasteiger partial charge in [-0.1, -0.05) is 17.7 Å². The van der Waals surface area contributed by atoms with E-state index in [1.165, 1.54) is 13.2 Å². The number of hydrogen-bond donors (Lipinski definition) is 3. The number of methoxy groups -OCH3 is 2. The van der Waals surface area contributed by atoms with Crippen LogP contribution in [0.3, 0.4) is 0 Å². The summed E-state index contributed by atoms with van der Waals surface area (Å²) < 4.78 is 15.8. The molecule has 0 aliphatic carbocycles. The van der Waals surface area contributed by atoms with E-state index < -0.39 is 11.8 Å². The van der Waals surface area contributed by atoms with Gasteiger partial charge in [-0.25, -0.2) is 0 Å². The van der Waals surface area contributed by atoms with Crippen LogP contribution in [0.25, 0.3) is 6.08 Å². The van der Waals surface area contributed by atoms with Crippen LogP contribution < -0.4 is 30.4 Å². The molecule has 0 aromatic heterocycles. The molecule has 2 aromatic rings. The summed E-state index contributed by atoms with van der Waals surface area (Å²) in [4.78, 5) is 24.0. The van der Waals surface area contributed by atoms with Crippen molar-refractivity contribution < 1.29 is 23.8 Å². The third-order valence-corrected chi connectivity index (χ3v) is 4.97. The molecule has 8 nitrogen and oxygen atoms in total. The number of thiocarbonyl (C=S) groups is 1. The summed E-state index contributed by atoms with van der Waals surface area (Å²) in [5.74, 6) is 0.694. The molecule has 0 atom stereocenters. The molecule has 0 spiro atoms. The standard InChI is InChI=1S/C22H24ClN3O5S/c1-13-9-16(10-14(2)21(13)23)31-12-20(28)25-26-22(32)24-19(27)8-6-15-5-7-17(29-3)18(11-15)30-4/h5-11H,12H2,1-4H3,(H,25,28)(H2,24,26,27,32)/b8-6+. The summed E-state index contributed by atoms with van der Waals surface area (Å²) in [6.07, 6.45) is 2.88. The molecule has 3 N–H and O–H groups in total. The van der Waals surface area contributed by atoms with Crippen LogP contribution >= 0.6 is 23.8 Å². The van der Waals surface area contributed by atoms with Gasteiger partial charge in [-0.05, 0) is 73.1 Å². The number of nitrogens with one attached hydrogen (secondary N) is 3. The van der Waals surface area contributed by atoms with E-state index in [0.29, 0.717) is 22.3 Å². The predicted molar refractivity (Wildman–Crippen MR) is 127 cm³/mol. The van der Waals surface area contributed by atoms with Crippen LogP contribution in [-0.2, 0) is 9.59 Å².